The summed E-state index contributed by atoms with van der Waals surface area (Å²) < 4.78 is 5.32. The largest absolute Gasteiger partial charge is 0.444 e. The number of aromatic nitrogens is 1. The second-order valence-corrected chi connectivity index (χ2v) is 3.55. The summed E-state index contributed by atoms with van der Waals surface area (Å²) >= 11 is 0. The molecule has 16 heavy (non-hydrogen) atoms. The molecule has 0 aliphatic heterocycles. The minimum Gasteiger partial charge on any atom is -0.444 e. The second kappa shape index (κ2) is 6.05. The first-order valence-corrected chi connectivity index (χ1v) is 5.31. The fourth-order valence-corrected chi connectivity index (χ4v) is 1.15. The third kappa shape index (κ3) is 4.25. The summed E-state index contributed by atoms with van der Waals surface area (Å²) in [4.78, 5) is 25.9. The van der Waals surface area contributed by atoms with Crippen LogP contribution in [-0.2, 0) is 22.6 Å². The van der Waals surface area contributed by atoms with Gasteiger partial charge in [-0.05, 0) is 6.92 Å². The number of carbonyl (C=O) groups excluding carboxylic acids is 2. The van der Waals surface area contributed by atoms with Crippen LogP contribution < -0.4 is 5.32 Å². The molecule has 1 aromatic rings. The number of oxazole rings is 1. The molecule has 1 amide bonds. The van der Waals surface area contributed by atoms with E-state index in [0.29, 0.717) is 5.89 Å². The van der Waals surface area contributed by atoms with Gasteiger partial charge in [0.05, 0.1) is 12.7 Å². The van der Waals surface area contributed by atoms with Crippen LogP contribution in [-0.4, -0.2) is 16.7 Å². The highest BCUT2D eigenvalue weighted by Crippen LogP contribution is 2.03. The van der Waals surface area contributed by atoms with Crippen LogP contribution in [0.25, 0.3) is 0 Å². The summed E-state index contributed by atoms with van der Waals surface area (Å²) in [7, 11) is 0. The second-order valence-electron chi connectivity index (χ2n) is 3.55. The molecule has 0 unspecified atom stereocenters. The Labute approximate surface area is 94.2 Å². The van der Waals surface area contributed by atoms with E-state index in [1.165, 1.54) is 6.92 Å². The lowest BCUT2D eigenvalue weighted by Gasteiger charge is -2.00. The molecule has 0 bridgehead atoms. The van der Waals surface area contributed by atoms with Crippen LogP contribution in [0.3, 0.4) is 0 Å². The Bertz CT molecular complexity index is 371. The van der Waals surface area contributed by atoms with E-state index in [1.807, 2.05) is 6.92 Å². The normalized spacial score (nSPS) is 10.1. The van der Waals surface area contributed by atoms with Crippen LogP contribution in [0, 0.1) is 0 Å². The molecule has 0 saturated heterocycles. The molecule has 0 aromatic carbocycles. The van der Waals surface area contributed by atoms with Crippen molar-refractivity contribution in [3.8, 4) is 0 Å². The van der Waals surface area contributed by atoms with E-state index >= 15 is 0 Å². The number of aryl methyl sites for hydroxylation is 1. The van der Waals surface area contributed by atoms with Crippen molar-refractivity contribution in [2.45, 2.75) is 39.7 Å². The van der Waals surface area contributed by atoms with Gasteiger partial charge in [-0.25, -0.2) is 4.98 Å². The maximum absolute atomic E-state index is 11.3. The van der Waals surface area contributed by atoms with E-state index in [1.54, 1.807) is 6.20 Å². The number of nitrogens with one attached hydrogen (secondary N) is 1. The molecule has 1 aromatic heterocycles. The number of rotatable bonds is 6. The highest BCUT2D eigenvalue weighted by Gasteiger charge is 2.06. The molecular weight excluding hydrogens is 208 g/mol. The lowest BCUT2D eigenvalue weighted by atomic mass is 10.2. The van der Waals surface area contributed by atoms with Gasteiger partial charge in [0.2, 0.25) is 11.8 Å². The zero-order valence-corrected chi connectivity index (χ0v) is 9.58. The number of nitrogens with zero attached hydrogens (tertiary/aromatic N) is 1. The van der Waals surface area contributed by atoms with Gasteiger partial charge in [0.15, 0.2) is 0 Å². The number of hydrogen-bond donors (Lipinski definition) is 1. The standard InChI is InChI=1S/C11H16N2O3/c1-3-9-6-13-11(16-9)7-12-10(15)5-4-8(2)14/h6H,3-5,7H2,1-2H3,(H,12,15). The molecule has 0 radical (unpaired) electrons. The zero-order chi connectivity index (χ0) is 12.0. The smallest absolute Gasteiger partial charge is 0.220 e. The molecule has 5 nitrogen and oxygen atoms in total. The van der Waals surface area contributed by atoms with Gasteiger partial charge in [0, 0.05) is 19.3 Å². The minimum atomic E-state index is -0.161. The van der Waals surface area contributed by atoms with Crippen molar-refractivity contribution in [3.05, 3.63) is 17.8 Å². The maximum Gasteiger partial charge on any atom is 0.220 e. The van der Waals surface area contributed by atoms with E-state index in [9.17, 15) is 9.59 Å². The van der Waals surface area contributed by atoms with Gasteiger partial charge in [-0.2, -0.15) is 0 Å². The van der Waals surface area contributed by atoms with Crippen molar-refractivity contribution in [1.82, 2.24) is 10.3 Å². The predicted octanol–water partition coefficient (Wildman–Crippen LogP) is 1.22. The Morgan fingerprint density at radius 3 is 2.75 bits per heavy atom. The Morgan fingerprint density at radius 2 is 2.19 bits per heavy atom. The summed E-state index contributed by atoms with van der Waals surface area (Å²) in [6.07, 6.45) is 2.93. The van der Waals surface area contributed by atoms with Crippen LogP contribution in [0.2, 0.25) is 0 Å². The molecule has 1 rings (SSSR count). The fraction of sp³-hybridized carbons (Fsp3) is 0.545. The van der Waals surface area contributed by atoms with Crippen molar-refractivity contribution in [2.75, 3.05) is 0 Å². The third-order valence-electron chi connectivity index (χ3n) is 2.09. The van der Waals surface area contributed by atoms with Gasteiger partial charge in [-0.3, -0.25) is 4.79 Å². The average Bonchev–Trinajstić information content (AvgIpc) is 2.71. The number of carbonyl (C=O) groups is 2. The quantitative estimate of drug-likeness (QED) is 0.788. The van der Waals surface area contributed by atoms with Crippen LogP contribution in [0.5, 0.6) is 0 Å². The lowest BCUT2D eigenvalue weighted by molar-refractivity contribution is -0.124. The number of ketones is 1. The van der Waals surface area contributed by atoms with Gasteiger partial charge < -0.3 is 14.5 Å². The molecule has 5 heteroatoms. The molecule has 0 saturated carbocycles. The first-order valence-electron chi connectivity index (χ1n) is 5.31. The molecule has 0 aliphatic carbocycles. The zero-order valence-electron chi connectivity index (χ0n) is 9.58. The molecule has 0 aliphatic rings. The van der Waals surface area contributed by atoms with Gasteiger partial charge >= 0.3 is 0 Å². The van der Waals surface area contributed by atoms with Crippen LogP contribution >= 0.6 is 0 Å². The fourth-order valence-electron chi connectivity index (χ4n) is 1.15. The number of Topliss-reactive ketones (excluding diaryl/α,β-unsaturated/α-hetero) is 1. The Hall–Kier alpha value is -1.65. The van der Waals surface area contributed by atoms with Crippen molar-refractivity contribution in [2.24, 2.45) is 0 Å². The van der Waals surface area contributed by atoms with Crippen molar-refractivity contribution >= 4 is 11.7 Å². The van der Waals surface area contributed by atoms with Gasteiger partial charge in [0.25, 0.3) is 0 Å². The van der Waals surface area contributed by atoms with Crippen molar-refractivity contribution < 1.29 is 14.0 Å². The Balaban J connectivity index is 2.28. The van der Waals surface area contributed by atoms with E-state index in [4.69, 9.17) is 4.42 Å². The molecule has 0 fully saturated rings. The molecule has 0 spiro atoms. The maximum atomic E-state index is 11.3. The molecule has 88 valence electrons. The highest BCUT2D eigenvalue weighted by atomic mass is 16.4. The highest BCUT2D eigenvalue weighted by molar-refractivity contribution is 5.83. The van der Waals surface area contributed by atoms with E-state index < -0.39 is 0 Å². The topological polar surface area (TPSA) is 72.2 Å². The lowest BCUT2D eigenvalue weighted by Crippen LogP contribution is -2.23. The van der Waals surface area contributed by atoms with E-state index in [-0.39, 0.29) is 31.1 Å². The van der Waals surface area contributed by atoms with Crippen molar-refractivity contribution in [3.63, 3.8) is 0 Å². The molecule has 1 N–H and O–H groups in total. The van der Waals surface area contributed by atoms with E-state index in [2.05, 4.69) is 10.3 Å². The molecular formula is C11H16N2O3. The summed E-state index contributed by atoms with van der Waals surface area (Å²) in [5.74, 6) is 1.15. The molecule has 0 atom stereocenters. The molecule has 1 heterocycles. The predicted molar refractivity (Wildman–Crippen MR) is 57.6 cm³/mol. The number of amides is 1. The Morgan fingerprint density at radius 1 is 1.44 bits per heavy atom. The summed E-state index contributed by atoms with van der Waals surface area (Å²) in [6, 6.07) is 0. The summed E-state index contributed by atoms with van der Waals surface area (Å²) in [5, 5.41) is 2.64. The first-order chi connectivity index (χ1) is 7.61. The van der Waals surface area contributed by atoms with Crippen LogP contribution in [0.15, 0.2) is 10.6 Å². The minimum absolute atomic E-state index is 0.0135. The van der Waals surface area contributed by atoms with Gasteiger partial charge in [-0.1, -0.05) is 6.92 Å². The van der Waals surface area contributed by atoms with Crippen molar-refractivity contribution in [1.29, 1.82) is 0 Å². The monoisotopic (exact) mass is 224 g/mol. The SMILES string of the molecule is CCc1cnc(CNC(=O)CCC(C)=O)o1. The summed E-state index contributed by atoms with van der Waals surface area (Å²) in [6.45, 7) is 3.71. The first kappa shape index (κ1) is 12.4. The third-order valence-corrected chi connectivity index (χ3v) is 2.09. The van der Waals surface area contributed by atoms with E-state index in [0.717, 1.165) is 12.2 Å². The summed E-state index contributed by atoms with van der Waals surface area (Å²) in [5.41, 5.74) is 0. The Kier molecular flexibility index (Phi) is 4.69. The van der Waals surface area contributed by atoms with Crippen LogP contribution in [0.4, 0.5) is 0 Å². The van der Waals surface area contributed by atoms with Gasteiger partial charge in [-0.15, -0.1) is 0 Å². The number of hydrogen-bond acceptors (Lipinski definition) is 4. The van der Waals surface area contributed by atoms with Crippen LogP contribution in [0.1, 0.15) is 38.3 Å². The van der Waals surface area contributed by atoms with Gasteiger partial charge in [0.1, 0.15) is 11.5 Å². The average molecular weight is 224 g/mol.